The molecule has 2 rings (SSSR count). The summed E-state index contributed by atoms with van der Waals surface area (Å²) in [5.74, 6) is -2.46. The van der Waals surface area contributed by atoms with Crippen LogP contribution in [0, 0.1) is 11.6 Å². The first-order chi connectivity index (χ1) is 8.61. The number of carbonyl (C=O) groups excluding carboxylic acids is 1. The molecule has 0 bridgehead atoms. The summed E-state index contributed by atoms with van der Waals surface area (Å²) in [7, 11) is 1.22. The number of halogens is 2. The van der Waals surface area contributed by atoms with Gasteiger partial charge in [0, 0.05) is 11.8 Å². The van der Waals surface area contributed by atoms with Crippen molar-refractivity contribution in [3.05, 3.63) is 47.8 Å². The molecule has 0 unspecified atom stereocenters. The monoisotopic (exact) mass is 250 g/mol. The summed E-state index contributed by atoms with van der Waals surface area (Å²) in [6, 6.07) is 4.63. The van der Waals surface area contributed by atoms with E-state index >= 15 is 0 Å². The fraction of sp³-hybridized carbons (Fsp3) is 0.0833. The Kier molecular flexibility index (Phi) is 3.27. The maximum atomic E-state index is 13.1. The van der Waals surface area contributed by atoms with E-state index in [1.807, 2.05) is 0 Å². The van der Waals surface area contributed by atoms with Crippen LogP contribution in [0.4, 0.5) is 8.78 Å². The molecule has 0 aliphatic carbocycles. The lowest BCUT2D eigenvalue weighted by molar-refractivity contribution is 0.0594. The highest BCUT2D eigenvalue weighted by Gasteiger charge is 2.11. The van der Waals surface area contributed by atoms with E-state index < -0.39 is 17.6 Å². The number of rotatable bonds is 2. The quantitative estimate of drug-likeness (QED) is 0.767. The molecule has 0 atom stereocenters. The standard InChI is InChI=1S/C12H8F2N2O2/c1-18-12(17)10-4-5-15-11(16-10)7-2-3-8(13)9(14)6-7/h2-6H,1H3. The molecule has 1 heterocycles. The number of benzene rings is 1. The van der Waals surface area contributed by atoms with Crippen molar-refractivity contribution < 1.29 is 18.3 Å². The van der Waals surface area contributed by atoms with Crippen LogP contribution in [0.1, 0.15) is 10.5 Å². The minimum atomic E-state index is -1.00. The molecule has 0 saturated heterocycles. The predicted octanol–water partition coefficient (Wildman–Crippen LogP) is 2.21. The lowest BCUT2D eigenvalue weighted by Gasteiger charge is -2.03. The van der Waals surface area contributed by atoms with Crippen LogP contribution >= 0.6 is 0 Å². The van der Waals surface area contributed by atoms with Gasteiger partial charge in [0.2, 0.25) is 0 Å². The van der Waals surface area contributed by atoms with Gasteiger partial charge in [-0.25, -0.2) is 23.5 Å². The van der Waals surface area contributed by atoms with Crippen LogP contribution in [-0.2, 0) is 4.74 Å². The molecule has 2 aromatic rings. The zero-order chi connectivity index (χ0) is 13.1. The highest BCUT2D eigenvalue weighted by atomic mass is 19.2. The van der Waals surface area contributed by atoms with Gasteiger partial charge in [0.25, 0.3) is 0 Å². The third-order valence-electron chi connectivity index (χ3n) is 2.23. The van der Waals surface area contributed by atoms with Crippen molar-refractivity contribution in [3.63, 3.8) is 0 Å². The van der Waals surface area contributed by atoms with Crippen LogP contribution in [0.2, 0.25) is 0 Å². The van der Waals surface area contributed by atoms with E-state index in [1.54, 1.807) is 0 Å². The molecule has 0 spiro atoms. The molecule has 92 valence electrons. The number of aromatic nitrogens is 2. The van der Waals surface area contributed by atoms with E-state index in [9.17, 15) is 13.6 Å². The molecular weight excluding hydrogens is 242 g/mol. The Bertz CT molecular complexity index is 602. The molecule has 0 aliphatic heterocycles. The van der Waals surface area contributed by atoms with Crippen LogP contribution in [0.25, 0.3) is 11.4 Å². The maximum absolute atomic E-state index is 13.1. The van der Waals surface area contributed by atoms with Crippen molar-refractivity contribution in [3.8, 4) is 11.4 Å². The van der Waals surface area contributed by atoms with Gasteiger partial charge in [0.1, 0.15) is 0 Å². The summed E-state index contributed by atoms with van der Waals surface area (Å²) in [5.41, 5.74) is 0.326. The van der Waals surface area contributed by atoms with Gasteiger partial charge in [-0.2, -0.15) is 0 Å². The van der Waals surface area contributed by atoms with Crippen molar-refractivity contribution in [1.29, 1.82) is 0 Å². The molecular formula is C12H8F2N2O2. The molecule has 0 aliphatic rings. The zero-order valence-corrected chi connectivity index (χ0v) is 9.35. The maximum Gasteiger partial charge on any atom is 0.356 e. The topological polar surface area (TPSA) is 52.1 Å². The molecule has 0 saturated carbocycles. The second kappa shape index (κ2) is 4.87. The second-order valence-corrected chi connectivity index (χ2v) is 3.39. The number of hydrogen-bond donors (Lipinski definition) is 0. The molecule has 1 aromatic heterocycles. The molecule has 0 amide bonds. The van der Waals surface area contributed by atoms with Gasteiger partial charge in [-0.3, -0.25) is 0 Å². The predicted molar refractivity (Wildman–Crippen MR) is 58.7 cm³/mol. The van der Waals surface area contributed by atoms with Crippen molar-refractivity contribution in [2.45, 2.75) is 0 Å². The minimum absolute atomic E-state index is 0.0484. The lowest BCUT2D eigenvalue weighted by atomic mass is 10.2. The van der Waals surface area contributed by atoms with Gasteiger partial charge in [-0.1, -0.05) is 0 Å². The molecule has 0 N–H and O–H groups in total. The number of esters is 1. The Balaban J connectivity index is 2.44. The van der Waals surface area contributed by atoms with Gasteiger partial charge in [-0.05, 0) is 24.3 Å². The van der Waals surface area contributed by atoms with E-state index in [2.05, 4.69) is 14.7 Å². The normalized spacial score (nSPS) is 10.2. The van der Waals surface area contributed by atoms with E-state index in [4.69, 9.17) is 0 Å². The second-order valence-electron chi connectivity index (χ2n) is 3.39. The third kappa shape index (κ3) is 2.32. The first-order valence-electron chi connectivity index (χ1n) is 4.98. The number of ether oxygens (including phenoxy) is 1. The van der Waals surface area contributed by atoms with Crippen LogP contribution in [0.3, 0.4) is 0 Å². The average molecular weight is 250 g/mol. The van der Waals surface area contributed by atoms with Gasteiger partial charge in [0.05, 0.1) is 7.11 Å². The van der Waals surface area contributed by atoms with Crippen molar-refractivity contribution in [1.82, 2.24) is 9.97 Å². The van der Waals surface area contributed by atoms with Crippen molar-refractivity contribution >= 4 is 5.97 Å². The molecule has 0 radical (unpaired) electrons. The van der Waals surface area contributed by atoms with Gasteiger partial charge in [0.15, 0.2) is 23.2 Å². The third-order valence-corrected chi connectivity index (χ3v) is 2.23. The lowest BCUT2D eigenvalue weighted by Crippen LogP contribution is -2.05. The molecule has 6 heteroatoms. The first-order valence-corrected chi connectivity index (χ1v) is 4.98. The molecule has 0 fully saturated rings. The van der Waals surface area contributed by atoms with E-state index in [0.717, 1.165) is 12.1 Å². The van der Waals surface area contributed by atoms with Crippen molar-refractivity contribution in [2.24, 2.45) is 0 Å². The summed E-state index contributed by atoms with van der Waals surface area (Å²) >= 11 is 0. The number of carbonyl (C=O) groups is 1. The minimum Gasteiger partial charge on any atom is -0.464 e. The van der Waals surface area contributed by atoms with Crippen molar-refractivity contribution in [2.75, 3.05) is 7.11 Å². The van der Waals surface area contributed by atoms with E-state index in [-0.39, 0.29) is 17.1 Å². The van der Waals surface area contributed by atoms with Crippen LogP contribution in [0.15, 0.2) is 30.5 Å². The van der Waals surface area contributed by atoms with Gasteiger partial charge in [-0.15, -0.1) is 0 Å². The SMILES string of the molecule is COC(=O)c1ccnc(-c2ccc(F)c(F)c2)n1. The van der Waals surface area contributed by atoms with Crippen LogP contribution < -0.4 is 0 Å². The molecule has 1 aromatic carbocycles. The Morgan fingerprint density at radius 2 is 2.00 bits per heavy atom. The summed E-state index contributed by atoms with van der Waals surface area (Å²) in [6.07, 6.45) is 1.34. The van der Waals surface area contributed by atoms with Gasteiger partial charge < -0.3 is 4.74 Å². The highest BCUT2D eigenvalue weighted by molar-refractivity contribution is 5.87. The highest BCUT2D eigenvalue weighted by Crippen LogP contribution is 2.18. The average Bonchev–Trinajstić information content (AvgIpc) is 2.41. The summed E-state index contributed by atoms with van der Waals surface area (Å²) in [6.45, 7) is 0. The Morgan fingerprint density at radius 1 is 1.22 bits per heavy atom. The zero-order valence-electron chi connectivity index (χ0n) is 9.35. The first kappa shape index (κ1) is 12.1. The summed E-state index contributed by atoms with van der Waals surface area (Å²) in [4.78, 5) is 19.1. The fourth-order valence-electron chi connectivity index (χ4n) is 1.35. The Labute approximate surface area is 101 Å². The molecule has 18 heavy (non-hydrogen) atoms. The van der Waals surface area contributed by atoms with Crippen LogP contribution in [0.5, 0.6) is 0 Å². The summed E-state index contributed by atoms with van der Waals surface area (Å²) < 4.78 is 30.4. The Morgan fingerprint density at radius 3 is 2.67 bits per heavy atom. The van der Waals surface area contributed by atoms with E-state index in [1.165, 1.54) is 25.4 Å². The van der Waals surface area contributed by atoms with Gasteiger partial charge >= 0.3 is 5.97 Å². The molecule has 4 nitrogen and oxygen atoms in total. The van der Waals surface area contributed by atoms with Crippen LogP contribution in [-0.4, -0.2) is 23.0 Å². The number of hydrogen-bond acceptors (Lipinski definition) is 4. The smallest absolute Gasteiger partial charge is 0.356 e. The largest absolute Gasteiger partial charge is 0.464 e. The number of nitrogens with zero attached hydrogens (tertiary/aromatic N) is 2. The fourth-order valence-corrected chi connectivity index (χ4v) is 1.35. The van der Waals surface area contributed by atoms with E-state index in [0.29, 0.717) is 0 Å². The summed E-state index contributed by atoms with van der Waals surface area (Å²) in [5, 5.41) is 0. The number of methoxy groups -OCH3 is 1. The Hall–Kier alpha value is -2.37.